The summed E-state index contributed by atoms with van der Waals surface area (Å²) in [6.07, 6.45) is 4.74. The third kappa shape index (κ3) is 3.72. The molecule has 1 unspecified atom stereocenters. The molecule has 13 nitrogen and oxygen atoms in total. The van der Waals surface area contributed by atoms with Gasteiger partial charge in [-0.05, 0) is 44.0 Å². The number of aromatic nitrogens is 6. The molecule has 0 radical (unpaired) electrons. The normalized spacial score (nSPS) is 17.7. The average molecular weight is 461 g/mol. The minimum Gasteiger partial charge on any atom is -0.384 e. The molecule has 2 amide bonds. The molecule has 0 spiro atoms. The Bertz CT molecular complexity index is 1380. The van der Waals surface area contributed by atoms with Crippen LogP contribution in [0, 0.1) is 0 Å². The summed E-state index contributed by atoms with van der Waals surface area (Å²) in [6, 6.07) is 8.50. The predicted octanol–water partition coefficient (Wildman–Crippen LogP) is 1.27. The lowest BCUT2D eigenvalue weighted by molar-refractivity contribution is -0.120. The maximum Gasteiger partial charge on any atom is 0.266 e. The van der Waals surface area contributed by atoms with Crippen molar-refractivity contribution in [2.45, 2.75) is 25.3 Å². The predicted molar refractivity (Wildman–Crippen MR) is 126 cm³/mol. The molecule has 1 fully saturated rings. The van der Waals surface area contributed by atoms with E-state index in [4.69, 9.17) is 11.5 Å². The summed E-state index contributed by atoms with van der Waals surface area (Å²) >= 11 is 0. The fourth-order valence-corrected chi connectivity index (χ4v) is 4.02. The molecule has 0 aliphatic carbocycles. The van der Waals surface area contributed by atoms with E-state index >= 15 is 0 Å². The maximum atomic E-state index is 13.3. The Balaban J connectivity index is 1.47. The van der Waals surface area contributed by atoms with Gasteiger partial charge in [-0.25, -0.2) is 4.98 Å². The molecular formula is C21H23N11O2. The number of nitrogen functional groups attached to an aromatic ring is 1. The molecule has 4 aromatic rings. The van der Waals surface area contributed by atoms with Crippen LogP contribution in [0.25, 0.3) is 5.65 Å². The zero-order valence-electron chi connectivity index (χ0n) is 18.3. The Morgan fingerprint density at radius 2 is 2.09 bits per heavy atom. The second-order valence-electron chi connectivity index (χ2n) is 8.19. The van der Waals surface area contributed by atoms with Gasteiger partial charge in [-0.2, -0.15) is 15.1 Å². The van der Waals surface area contributed by atoms with E-state index in [0.29, 0.717) is 47.8 Å². The number of aromatic amines is 1. The first-order valence-electron chi connectivity index (χ1n) is 10.6. The smallest absolute Gasteiger partial charge is 0.266 e. The van der Waals surface area contributed by atoms with E-state index in [2.05, 4.69) is 35.8 Å². The molecular weight excluding hydrogens is 438 g/mol. The van der Waals surface area contributed by atoms with Gasteiger partial charge in [0.1, 0.15) is 22.7 Å². The van der Waals surface area contributed by atoms with Gasteiger partial charge < -0.3 is 27.0 Å². The molecule has 1 atom stereocenters. The van der Waals surface area contributed by atoms with Crippen LogP contribution < -0.4 is 27.0 Å². The lowest BCUT2D eigenvalue weighted by atomic mass is 9.97. The average Bonchev–Trinajstić information content (AvgIpc) is 3.55. The van der Waals surface area contributed by atoms with Crippen LogP contribution in [0.3, 0.4) is 0 Å². The number of fused-ring (bicyclic) bond motifs is 1. The maximum absolute atomic E-state index is 13.3. The number of H-pyrrole nitrogens is 1. The number of primary amides is 1. The van der Waals surface area contributed by atoms with Crippen molar-refractivity contribution >= 4 is 46.7 Å². The lowest BCUT2D eigenvalue weighted by Gasteiger charge is -2.34. The standard InChI is InChI=1S/C21H23N11O2/c1-21(18(34)25-12-5-6-14(22)24-11-12)7-3-9-32(21)20-27-16-4-2-8-31(16)19(28-20)26-15-10-13(17(23)33)29-30-15/h2,4-6,8,10-11H,3,7,9H2,1H3,(H2,22,24)(H2,23,33)(H,25,34)(H2,26,27,28,29,30). The summed E-state index contributed by atoms with van der Waals surface area (Å²) in [6.45, 7) is 2.47. The summed E-state index contributed by atoms with van der Waals surface area (Å²) in [5.74, 6) is 0.745. The van der Waals surface area contributed by atoms with Crippen molar-refractivity contribution in [3.8, 4) is 0 Å². The molecule has 1 aliphatic rings. The molecule has 1 aliphatic heterocycles. The summed E-state index contributed by atoms with van der Waals surface area (Å²) in [5.41, 5.74) is 11.4. The molecule has 0 bridgehead atoms. The van der Waals surface area contributed by atoms with Crippen LogP contribution in [-0.2, 0) is 4.79 Å². The molecule has 5 heterocycles. The number of anilines is 5. The number of nitrogens with one attached hydrogen (secondary N) is 3. The Labute approximate surface area is 193 Å². The monoisotopic (exact) mass is 461 g/mol. The Morgan fingerprint density at radius 3 is 2.82 bits per heavy atom. The first kappa shape index (κ1) is 21.2. The second-order valence-corrected chi connectivity index (χ2v) is 8.19. The quantitative estimate of drug-likeness (QED) is 0.282. The van der Waals surface area contributed by atoms with Gasteiger partial charge in [-0.3, -0.25) is 19.1 Å². The Hall–Kier alpha value is -4.68. The molecule has 13 heteroatoms. The number of rotatable bonds is 6. The largest absolute Gasteiger partial charge is 0.384 e. The number of hydrogen-bond donors (Lipinski definition) is 5. The van der Waals surface area contributed by atoms with E-state index in [0.717, 1.165) is 6.42 Å². The van der Waals surface area contributed by atoms with E-state index in [9.17, 15) is 9.59 Å². The number of carbonyl (C=O) groups excluding carboxylic acids is 2. The summed E-state index contributed by atoms with van der Waals surface area (Å²) in [4.78, 5) is 40.0. The van der Waals surface area contributed by atoms with E-state index in [1.54, 1.807) is 22.7 Å². The van der Waals surface area contributed by atoms with Gasteiger partial charge in [0.25, 0.3) is 5.91 Å². The number of hydrogen-bond acceptors (Lipinski definition) is 9. The Morgan fingerprint density at radius 1 is 1.24 bits per heavy atom. The van der Waals surface area contributed by atoms with E-state index < -0.39 is 11.4 Å². The fraction of sp³-hybridized carbons (Fsp3) is 0.238. The van der Waals surface area contributed by atoms with Crippen molar-refractivity contribution in [1.29, 1.82) is 0 Å². The van der Waals surface area contributed by atoms with Gasteiger partial charge in [-0.15, -0.1) is 0 Å². The van der Waals surface area contributed by atoms with Crippen LogP contribution >= 0.6 is 0 Å². The molecule has 1 saturated heterocycles. The molecule has 4 aromatic heterocycles. The zero-order valence-corrected chi connectivity index (χ0v) is 18.3. The molecule has 174 valence electrons. The molecule has 5 rings (SSSR count). The number of carbonyl (C=O) groups is 2. The minimum atomic E-state index is -0.880. The van der Waals surface area contributed by atoms with Gasteiger partial charge >= 0.3 is 0 Å². The highest BCUT2D eigenvalue weighted by Gasteiger charge is 2.45. The minimum absolute atomic E-state index is 0.168. The lowest BCUT2D eigenvalue weighted by Crippen LogP contribution is -2.51. The van der Waals surface area contributed by atoms with Crippen molar-refractivity contribution in [1.82, 2.24) is 29.5 Å². The highest BCUT2D eigenvalue weighted by Crippen LogP contribution is 2.34. The number of pyridine rings is 1. The van der Waals surface area contributed by atoms with Gasteiger partial charge in [0.15, 0.2) is 5.82 Å². The van der Waals surface area contributed by atoms with Crippen molar-refractivity contribution in [3.05, 3.63) is 48.4 Å². The SMILES string of the molecule is CC1(C(=O)Nc2ccc(N)nc2)CCCN1c1nc(Nc2cc(C(N)=O)[nH]n2)n2cccc2n1. The van der Waals surface area contributed by atoms with Crippen molar-refractivity contribution in [2.24, 2.45) is 5.73 Å². The summed E-state index contributed by atoms with van der Waals surface area (Å²) in [7, 11) is 0. The number of nitrogens with zero attached hydrogens (tertiary/aromatic N) is 6. The van der Waals surface area contributed by atoms with Crippen LogP contribution in [0.1, 0.15) is 30.3 Å². The van der Waals surface area contributed by atoms with Crippen LogP contribution in [0.5, 0.6) is 0 Å². The first-order valence-corrected chi connectivity index (χ1v) is 10.6. The van der Waals surface area contributed by atoms with Gasteiger partial charge in [0.2, 0.25) is 17.8 Å². The van der Waals surface area contributed by atoms with Crippen molar-refractivity contribution in [3.63, 3.8) is 0 Å². The van der Waals surface area contributed by atoms with Crippen LogP contribution in [0.15, 0.2) is 42.7 Å². The van der Waals surface area contributed by atoms with Crippen LogP contribution in [0.2, 0.25) is 0 Å². The Kier molecular flexibility index (Phi) is 5.00. The van der Waals surface area contributed by atoms with Gasteiger partial charge in [0.05, 0.1) is 11.9 Å². The number of amides is 2. The molecule has 0 saturated carbocycles. The highest BCUT2D eigenvalue weighted by molar-refractivity contribution is 6.00. The second kappa shape index (κ2) is 8.03. The topological polar surface area (TPSA) is 185 Å². The van der Waals surface area contributed by atoms with Crippen LogP contribution in [-0.4, -0.2) is 53.4 Å². The third-order valence-electron chi connectivity index (χ3n) is 5.87. The van der Waals surface area contributed by atoms with E-state index in [-0.39, 0.29) is 11.6 Å². The first-order chi connectivity index (χ1) is 16.3. The van der Waals surface area contributed by atoms with Crippen LogP contribution in [0.4, 0.5) is 29.2 Å². The fourth-order valence-electron chi connectivity index (χ4n) is 4.02. The van der Waals surface area contributed by atoms with Gasteiger partial charge in [0, 0.05) is 18.8 Å². The highest BCUT2D eigenvalue weighted by atomic mass is 16.2. The summed E-state index contributed by atoms with van der Waals surface area (Å²) < 4.78 is 1.75. The van der Waals surface area contributed by atoms with E-state index in [1.165, 1.54) is 12.3 Å². The zero-order chi connectivity index (χ0) is 23.9. The van der Waals surface area contributed by atoms with Gasteiger partial charge in [-0.1, -0.05) is 0 Å². The molecule has 0 aromatic carbocycles. The van der Waals surface area contributed by atoms with Crippen molar-refractivity contribution < 1.29 is 9.59 Å². The van der Waals surface area contributed by atoms with E-state index in [1.807, 2.05) is 24.0 Å². The van der Waals surface area contributed by atoms with Crippen molar-refractivity contribution in [2.75, 3.05) is 27.8 Å². The molecule has 7 N–H and O–H groups in total. The number of nitrogens with two attached hydrogens (primary N) is 2. The third-order valence-corrected chi connectivity index (χ3v) is 5.87. The molecule has 34 heavy (non-hydrogen) atoms. The summed E-state index contributed by atoms with van der Waals surface area (Å²) in [5, 5.41) is 12.6.